The van der Waals surface area contributed by atoms with E-state index in [9.17, 15) is 29.1 Å². The quantitative estimate of drug-likeness (QED) is 0.243. The summed E-state index contributed by atoms with van der Waals surface area (Å²) in [5.41, 5.74) is 4.33. The monoisotopic (exact) mass is 580 g/mol. The number of benzene rings is 2. The number of carboxylic acids is 1. The van der Waals surface area contributed by atoms with E-state index >= 15 is 0 Å². The number of aliphatic carboxylic acids is 1. The Kier molecular flexibility index (Phi) is 11.1. The second-order valence-corrected chi connectivity index (χ2v) is 11.2. The molecule has 11 nitrogen and oxygen atoms in total. The molecule has 2 aromatic rings. The minimum atomic E-state index is -1.16. The number of carbonyl (C=O) groups excluding carboxylic acids is 4. The summed E-state index contributed by atoms with van der Waals surface area (Å²) < 4.78 is 5.56. The summed E-state index contributed by atoms with van der Waals surface area (Å²) in [6, 6.07) is 12.9. The molecule has 0 heterocycles. The largest absolute Gasteiger partial charge is 0.480 e. The van der Waals surface area contributed by atoms with E-state index in [0.29, 0.717) is 0 Å². The lowest BCUT2D eigenvalue weighted by Crippen LogP contribution is -2.55. The molecule has 0 aromatic heterocycles. The van der Waals surface area contributed by atoms with Crippen LogP contribution in [0.4, 0.5) is 4.79 Å². The molecule has 0 bridgehead atoms. The van der Waals surface area contributed by atoms with Gasteiger partial charge in [0, 0.05) is 5.92 Å². The number of alkyl carbamates (subject to hydrolysis) is 1. The number of ether oxygens (including phenoxy) is 1. The molecule has 3 atom stereocenters. The van der Waals surface area contributed by atoms with Gasteiger partial charge in [0.1, 0.15) is 24.7 Å². The van der Waals surface area contributed by atoms with Crippen molar-refractivity contribution < 1.29 is 33.8 Å². The predicted molar refractivity (Wildman–Crippen MR) is 156 cm³/mol. The van der Waals surface area contributed by atoms with Gasteiger partial charge in [0.15, 0.2) is 0 Å². The smallest absolute Gasteiger partial charge is 0.407 e. The number of carbonyl (C=O) groups is 5. The van der Waals surface area contributed by atoms with Gasteiger partial charge >= 0.3 is 12.1 Å². The summed E-state index contributed by atoms with van der Waals surface area (Å²) in [7, 11) is 0. The third kappa shape index (κ3) is 8.31. The van der Waals surface area contributed by atoms with Crippen LogP contribution in [0, 0.1) is 11.8 Å². The van der Waals surface area contributed by atoms with Crippen molar-refractivity contribution in [2.24, 2.45) is 11.8 Å². The van der Waals surface area contributed by atoms with Gasteiger partial charge in [-0.05, 0) is 47.4 Å². The number of amides is 4. The highest BCUT2D eigenvalue weighted by Crippen LogP contribution is 2.44. The molecule has 0 aliphatic heterocycles. The van der Waals surface area contributed by atoms with Gasteiger partial charge < -0.3 is 31.1 Å². The molecule has 0 saturated carbocycles. The van der Waals surface area contributed by atoms with Crippen LogP contribution in [-0.4, -0.2) is 66.2 Å². The average molecular weight is 581 g/mol. The van der Waals surface area contributed by atoms with E-state index in [4.69, 9.17) is 4.74 Å². The second-order valence-electron chi connectivity index (χ2n) is 11.2. The molecule has 1 aliphatic rings. The minimum Gasteiger partial charge on any atom is -0.480 e. The Morgan fingerprint density at radius 3 is 1.90 bits per heavy atom. The summed E-state index contributed by atoms with van der Waals surface area (Å²) in [4.78, 5) is 61.8. The summed E-state index contributed by atoms with van der Waals surface area (Å²) in [6.45, 7) is 8.24. The third-order valence-electron chi connectivity index (χ3n) is 7.08. The number of carboxylic acid groups (broad SMARTS) is 1. The molecular formula is C31H40N4O7. The van der Waals surface area contributed by atoms with Crippen LogP contribution in [0.2, 0.25) is 0 Å². The fourth-order valence-electron chi connectivity index (χ4n) is 4.93. The molecule has 1 aliphatic carbocycles. The van der Waals surface area contributed by atoms with Crippen LogP contribution in [0.5, 0.6) is 0 Å². The van der Waals surface area contributed by atoms with E-state index in [0.717, 1.165) is 22.3 Å². The van der Waals surface area contributed by atoms with Gasteiger partial charge in [0.25, 0.3) is 0 Å². The van der Waals surface area contributed by atoms with Gasteiger partial charge in [-0.1, -0.05) is 76.2 Å². The Bertz CT molecular complexity index is 1260. The van der Waals surface area contributed by atoms with Crippen LogP contribution in [-0.2, 0) is 23.9 Å². The Morgan fingerprint density at radius 2 is 1.38 bits per heavy atom. The molecule has 3 rings (SSSR count). The summed E-state index contributed by atoms with van der Waals surface area (Å²) >= 11 is 0. The van der Waals surface area contributed by atoms with Crippen LogP contribution in [0.3, 0.4) is 0 Å². The molecule has 11 heteroatoms. The highest BCUT2D eigenvalue weighted by molar-refractivity contribution is 5.93. The topological polar surface area (TPSA) is 163 Å². The number of hydrogen-bond donors (Lipinski definition) is 5. The van der Waals surface area contributed by atoms with Crippen molar-refractivity contribution in [3.63, 3.8) is 0 Å². The maximum atomic E-state index is 13.0. The van der Waals surface area contributed by atoms with Crippen LogP contribution in [0.15, 0.2) is 48.5 Å². The Labute approximate surface area is 245 Å². The van der Waals surface area contributed by atoms with E-state index in [2.05, 4.69) is 21.3 Å². The van der Waals surface area contributed by atoms with Crippen molar-refractivity contribution in [3.05, 3.63) is 59.7 Å². The lowest BCUT2D eigenvalue weighted by molar-refractivity contribution is -0.142. The lowest BCUT2D eigenvalue weighted by atomic mass is 9.98. The minimum absolute atomic E-state index is 0.0483. The molecule has 4 amide bonds. The molecule has 2 aromatic carbocycles. The summed E-state index contributed by atoms with van der Waals surface area (Å²) in [5.74, 6) is -3.45. The fraction of sp³-hybridized carbons (Fsp3) is 0.452. The Hall–Kier alpha value is -4.41. The second kappa shape index (κ2) is 14.5. The number of fused-ring (bicyclic) bond motifs is 3. The van der Waals surface area contributed by atoms with Crippen molar-refractivity contribution in [2.75, 3.05) is 13.2 Å². The van der Waals surface area contributed by atoms with Gasteiger partial charge in [-0.15, -0.1) is 0 Å². The SMILES string of the molecule is CC(C)C[C@H](NC(=O)CNC(=O)[C@H](C)NC(=O)[C@@H](NC(=O)OCC1c2ccccc2-c2ccccc21)C(C)C)C(=O)O. The van der Waals surface area contributed by atoms with Gasteiger partial charge in [-0.25, -0.2) is 9.59 Å². The molecule has 226 valence electrons. The standard InChI is InChI=1S/C31H40N4O7/c1-17(2)14-25(30(39)40)34-26(36)15-32-28(37)19(5)33-29(38)27(18(3)4)35-31(41)42-16-24-22-12-8-6-10-20(22)21-11-7-9-13-23(21)24/h6-13,17-19,24-25,27H,14-16H2,1-5H3,(H,32,37)(H,33,38)(H,34,36)(H,35,41)(H,39,40)/t19-,25-,27-/m0/s1. The van der Waals surface area contributed by atoms with Crippen molar-refractivity contribution in [1.29, 1.82) is 0 Å². The van der Waals surface area contributed by atoms with E-state index < -0.39 is 54.5 Å². The third-order valence-corrected chi connectivity index (χ3v) is 7.08. The first-order valence-electron chi connectivity index (χ1n) is 14.1. The first-order chi connectivity index (χ1) is 19.9. The number of rotatable bonds is 13. The van der Waals surface area contributed by atoms with Crippen LogP contribution in [0.25, 0.3) is 11.1 Å². The molecule has 0 spiro atoms. The van der Waals surface area contributed by atoms with Gasteiger partial charge in [-0.3, -0.25) is 14.4 Å². The molecule has 0 radical (unpaired) electrons. The normalized spacial score (nSPS) is 14.3. The van der Waals surface area contributed by atoms with Crippen molar-refractivity contribution >= 4 is 29.8 Å². The van der Waals surface area contributed by atoms with E-state index in [1.165, 1.54) is 6.92 Å². The van der Waals surface area contributed by atoms with E-state index in [1.54, 1.807) is 13.8 Å². The molecule has 0 unspecified atom stereocenters. The summed E-state index contributed by atoms with van der Waals surface area (Å²) in [5, 5.41) is 19.2. The van der Waals surface area contributed by atoms with Gasteiger partial charge in [0.2, 0.25) is 17.7 Å². The first-order valence-corrected chi connectivity index (χ1v) is 14.1. The zero-order valence-corrected chi connectivity index (χ0v) is 24.6. The predicted octanol–water partition coefficient (Wildman–Crippen LogP) is 2.79. The molecule has 5 N–H and O–H groups in total. The van der Waals surface area contributed by atoms with E-state index in [1.807, 2.05) is 62.4 Å². The van der Waals surface area contributed by atoms with Crippen molar-refractivity contribution in [3.8, 4) is 11.1 Å². The fourth-order valence-corrected chi connectivity index (χ4v) is 4.93. The van der Waals surface area contributed by atoms with E-state index in [-0.39, 0.29) is 30.8 Å². The summed E-state index contributed by atoms with van der Waals surface area (Å²) in [6.07, 6.45) is -0.511. The highest BCUT2D eigenvalue weighted by Gasteiger charge is 2.31. The Morgan fingerprint density at radius 1 is 0.810 bits per heavy atom. The van der Waals surface area contributed by atoms with Crippen LogP contribution >= 0.6 is 0 Å². The molecular weight excluding hydrogens is 540 g/mol. The van der Waals surface area contributed by atoms with Gasteiger partial charge in [0.05, 0.1) is 6.54 Å². The van der Waals surface area contributed by atoms with Crippen molar-refractivity contribution in [2.45, 2.75) is 65.1 Å². The van der Waals surface area contributed by atoms with Crippen molar-refractivity contribution in [1.82, 2.24) is 21.3 Å². The lowest BCUT2D eigenvalue weighted by Gasteiger charge is -2.24. The maximum Gasteiger partial charge on any atom is 0.407 e. The zero-order valence-electron chi connectivity index (χ0n) is 24.6. The Balaban J connectivity index is 1.51. The first kappa shape index (κ1) is 32.1. The molecule has 42 heavy (non-hydrogen) atoms. The highest BCUT2D eigenvalue weighted by atomic mass is 16.5. The number of hydrogen-bond acceptors (Lipinski definition) is 6. The number of nitrogens with one attached hydrogen (secondary N) is 4. The molecule has 0 saturated heterocycles. The van der Waals surface area contributed by atoms with Crippen LogP contribution < -0.4 is 21.3 Å². The average Bonchev–Trinajstić information content (AvgIpc) is 3.26. The van der Waals surface area contributed by atoms with Gasteiger partial charge in [-0.2, -0.15) is 0 Å². The molecule has 0 fully saturated rings. The zero-order chi connectivity index (χ0) is 31.0. The van der Waals surface area contributed by atoms with Crippen LogP contribution in [0.1, 0.15) is 58.1 Å². The maximum absolute atomic E-state index is 13.0.